The highest BCUT2D eigenvalue weighted by Gasteiger charge is 2.15. The smallest absolute Gasteiger partial charge is 0.255 e. The summed E-state index contributed by atoms with van der Waals surface area (Å²) in [6.07, 6.45) is 3.82. The molecule has 0 spiro atoms. The number of hydrogen-bond acceptors (Lipinski definition) is 6. The summed E-state index contributed by atoms with van der Waals surface area (Å²) < 4.78 is 6.19. The fraction of sp³-hybridized carbons (Fsp3) is 0.100. The average molecular weight is 488 g/mol. The molecule has 1 amide bonds. The van der Waals surface area contributed by atoms with Crippen molar-refractivity contribution in [2.24, 2.45) is 0 Å². The Hall–Kier alpha value is -4.91. The normalized spacial score (nSPS) is 10.6. The Balaban J connectivity index is 1.39. The third-order valence-corrected chi connectivity index (χ3v) is 5.83. The van der Waals surface area contributed by atoms with E-state index >= 15 is 0 Å². The first kappa shape index (κ1) is 23.8. The van der Waals surface area contributed by atoms with Gasteiger partial charge in [-0.15, -0.1) is 0 Å². The Labute approximate surface area is 215 Å². The standard InChI is InChI=1S/C30H25N5O2/c1-3-27-32-19-33-28(35-27)25-13-8-16-31-30(25)37-26-18-23(15-14-20(26)2)29(36)34-24-12-7-11-22(17-24)21-9-5-4-6-10-21/h4-19H,3H2,1-2H3,(H,34,36). The number of aromatic nitrogens is 4. The van der Waals surface area contributed by atoms with Gasteiger partial charge in [-0.1, -0.05) is 55.5 Å². The van der Waals surface area contributed by atoms with Gasteiger partial charge in [-0.05, 0) is 60.0 Å². The van der Waals surface area contributed by atoms with E-state index in [9.17, 15) is 4.79 Å². The lowest BCUT2D eigenvalue weighted by Crippen LogP contribution is -2.12. The predicted molar refractivity (Wildman–Crippen MR) is 144 cm³/mol. The molecule has 0 fully saturated rings. The monoisotopic (exact) mass is 487 g/mol. The van der Waals surface area contributed by atoms with E-state index in [1.54, 1.807) is 24.4 Å². The maximum atomic E-state index is 13.1. The largest absolute Gasteiger partial charge is 0.438 e. The molecule has 5 rings (SSSR count). The third kappa shape index (κ3) is 5.51. The Morgan fingerprint density at radius 2 is 1.70 bits per heavy atom. The SMILES string of the molecule is CCc1ncnc(-c2cccnc2Oc2cc(C(=O)Nc3cccc(-c4ccccc4)c3)ccc2C)n1. The number of nitrogens with zero attached hydrogens (tertiary/aromatic N) is 4. The fourth-order valence-corrected chi connectivity index (χ4v) is 3.84. The van der Waals surface area contributed by atoms with Gasteiger partial charge in [0, 0.05) is 23.9 Å². The molecule has 0 bridgehead atoms. The topological polar surface area (TPSA) is 89.9 Å². The summed E-state index contributed by atoms with van der Waals surface area (Å²) in [6, 6.07) is 26.8. The van der Waals surface area contributed by atoms with Gasteiger partial charge in [-0.2, -0.15) is 0 Å². The van der Waals surface area contributed by atoms with Gasteiger partial charge in [0.2, 0.25) is 5.88 Å². The second kappa shape index (κ2) is 10.8. The van der Waals surface area contributed by atoms with E-state index in [1.165, 1.54) is 6.33 Å². The van der Waals surface area contributed by atoms with Crippen LogP contribution in [0.15, 0.2) is 97.5 Å². The number of aryl methyl sites for hydroxylation is 2. The quantitative estimate of drug-likeness (QED) is 0.281. The van der Waals surface area contributed by atoms with E-state index in [-0.39, 0.29) is 5.91 Å². The minimum absolute atomic E-state index is 0.235. The number of nitrogens with one attached hydrogen (secondary N) is 1. The molecule has 0 aliphatic rings. The molecular weight excluding hydrogens is 462 g/mol. The van der Waals surface area contributed by atoms with Gasteiger partial charge in [0.1, 0.15) is 17.9 Å². The van der Waals surface area contributed by atoms with Crippen molar-refractivity contribution in [3.63, 3.8) is 0 Å². The van der Waals surface area contributed by atoms with Crippen molar-refractivity contribution in [1.29, 1.82) is 0 Å². The summed E-state index contributed by atoms with van der Waals surface area (Å²) in [7, 11) is 0. The van der Waals surface area contributed by atoms with Crippen molar-refractivity contribution in [2.75, 3.05) is 5.32 Å². The Kier molecular flexibility index (Phi) is 6.94. The van der Waals surface area contributed by atoms with Crippen molar-refractivity contribution >= 4 is 11.6 Å². The molecule has 3 aromatic carbocycles. The van der Waals surface area contributed by atoms with Gasteiger partial charge in [-0.3, -0.25) is 4.79 Å². The fourth-order valence-electron chi connectivity index (χ4n) is 3.84. The van der Waals surface area contributed by atoms with Crippen molar-refractivity contribution in [2.45, 2.75) is 20.3 Å². The van der Waals surface area contributed by atoms with E-state index < -0.39 is 0 Å². The van der Waals surface area contributed by atoms with Crippen molar-refractivity contribution in [3.05, 3.63) is 114 Å². The van der Waals surface area contributed by atoms with Crippen LogP contribution in [0.25, 0.3) is 22.5 Å². The third-order valence-electron chi connectivity index (χ3n) is 5.83. The molecule has 7 nitrogen and oxygen atoms in total. The first-order valence-electron chi connectivity index (χ1n) is 12.0. The zero-order valence-electron chi connectivity index (χ0n) is 20.6. The molecule has 0 saturated heterocycles. The van der Waals surface area contributed by atoms with E-state index in [2.05, 4.69) is 25.3 Å². The lowest BCUT2D eigenvalue weighted by molar-refractivity contribution is 0.102. The second-order valence-corrected chi connectivity index (χ2v) is 8.42. The molecule has 0 atom stereocenters. The number of hydrogen-bond donors (Lipinski definition) is 1. The van der Waals surface area contributed by atoms with Crippen LogP contribution in [-0.2, 0) is 6.42 Å². The number of amides is 1. The molecule has 2 heterocycles. The molecule has 7 heteroatoms. The summed E-state index contributed by atoms with van der Waals surface area (Å²) in [4.78, 5) is 30.5. The minimum atomic E-state index is -0.235. The minimum Gasteiger partial charge on any atom is -0.438 e. The van der Waals surface area contributed by atoms with E-state index in [0.29, 0.717) is 46.5 Å². The van der Waals surface area contributed by atoms with E-state index in [0.717, 1.165) is 16.7 Å². The molecule has 5 aromatic rings. The first-order valence-corrected chi connectivity index (χ1v) is 12.0. The lowest BCUT2D eigenvalue weighted by atomic mass is 10.1. The van der Waals surface area contributed by atoms with Gasteiger partial charge < -0.3 is 10.1 Å². The van der Waals surface area contributed by atoms with Crippen LogP contribution < -0.4 is 10.1 Å². The summed E-state index contributed by atoms with van der Waals surface area (Å²) in [6.45, 7) is 3.90. The number of anilines is 1. The molecule has 2 aromatic heterocycles. The maximum absolute atomic E-state index is 13.1. The lowest BCUT2D eigenvalue weighted by Gasteiger charge is -2.13. The summed E-state index contributed by atoms with van der Waals surface area (Å²) in [5.74, 6) is 1.81. The van der Waals surface area contributed by atoms with Crippen LogP contribution in [0.2, 0.25) is 0 Å². The van der Waals surface area contributed by atoms with Crippen LogP contribution in [0, 0.1) is 6.92 Å². The molecule has 37 heavy (non-hydrogen) atoms. The Morgan fingerprint density at radius 3 is 2.54 bits per heavy atom. The molecule has 0 radical (unpaired) electrons. The van der Waals surface area contributed by atoms with Crippen LogP contribution in [0.4, 0.5) is 5.69 Å². The number of benzene rings is 3. The van der Waals surface area contributed by atoms with E-state index in [4.69, 9.17) is 4.74 Å². The molecule has 182 valence electrons. The molecule has 1 N–H and O–H groups in total. The zero-order chi connectivity index (χ0) is 25.6. The van der Waals surface area contributed by atoms with Gasteiger partial charge in [0.05, 0.1) is 5.56 Å². The van der Waals surface area contributed by atoms with Crippen molar-refractivity contribution < 1.29 is 9.53 Å². The van der Waals surface area contributed by atoms with Gasteiger partial charge >= 0.3 is 0 Å². The predicted octanol–water partition coefficient (Wildman–Crippen LogP) is 6.52. The molecule has 0 unspecified atom stereocenters. The number of pyridine rings is 1. The molecular formula is C30H25N5O2. The molecule has 0 saturated carbocycles. The van der Waals surface area contributed by atoms with Crippen LogP contribution in [-0.4, -0.2) is 25.8 Å². The number of carbonyl (C=O) groups excluding carboxylic acids is 1. The Bertz CT molecular complexity index is 1550. The van der Waals surface area contributed by atoms with Crippen LogP contribution in [0.3, 0.4) is 0 Å². The first-order chi connectivity index (χ1) is 18.1. The highest BCUT2D eigenvalue weighted by atomic mass is 16.5. The van der Waals surface area contributed by atoms with Crippen molar-refractivity contribution in [1.82, 2.24) is 19.9 Å². The number of carbonyl (C=O) groups is 1. The second-order valence-electron chi connectivity index (χ2n) is 8.42. The summed E-state index contributed by atoms with van der Waals surface area (Å²) in [5, 5.41) is 2.99. The Morgan fingerprint density at radius 1 is 0.865 bits per heavy atom. The van der Waals surface area contributed by atoms with Crippen LogP contribution in [0.5, 0.6) is 11.6 Å². The summed E-state index contributed by atoms with van der Waals surface area (Å²) in [5.41, 5.74) is 4.80. The van der Waals surface area contributed by atoms with Crippen LogP contribution in [0.1, 0.15) is 28.7 Å². The van der Waals surface area contributed by atoms with E-state index in [1.807, 2.05) is 80.6 Å². The van der Waals surface area contributed by atoms with Gasteiger partial charge in [0.25, 0.3) is 5.91 Å². The van der Waals surface area contributed by atoms with Crippen LogP contribution >= 0.6 is 0 Å². The number of ether oxygens (including phenoxy) is 1. The van der Waals surface area contributed by atoms with Gasteiger partial charge in [0.15, 0.2) is 5.82 Å². The summed E-state index contributed by atoms with van der Waals surface area (Å²) >= 11 is 0. The molecule has 0 aliphatic heterocycles. The maximum Gasteiger partial charge on any atom is 0.255 e. The average Bonchev–Trinajstić information content (AvgIpc) is 2.95. The highest BCUT2D eigenvalue weighted by molar-refractivity contribution is 6.04. The molecule has 0 aliphatic carbocycles. The zero-order valence-corrected chi connectivity index (χ0v) is 20.6. The van der Waals surface area contributed by atoms with Crippen molar-refractivity contribution in [3.8, 4) is 34.1 Å². The highest BCUT2D eigenvalue weighted by Crippen LogP contribution is 2.32. The number of rotatable bonds is 7. The van der Waals surface area contributed by atoms with Gasteiger partial charge in [-0.25, -0.2) is 19.9 Å².